The van der Waals surface area contributed by atoms with E-state index in [9.17, 15) is 9.59 Å². The van der Waals surface area contributed by atoms with Crippen LogP contribution in [0.1, 0.15) is 29.3 Å². The quantitative estimate of drug-likeness (QED) is 0.759. The van der Waals surface area contributed by atoms with Crippen molar-refractivity contribution in [3.05, 3.63) is 35.4 Å². The zero-order valence-corrected chi connectivity index (χ0v) is 11.3. The van der Waals surface area contributed by atoms with Crippen LogP contribution in [0.2, 0.25) is 0 Å². The number of carbonyl (C=O) groups is 2. The fourth-order valence-electron chi connectivity index (χ4n) is 1.58. The lowest BCUT2D eigenvalue weighted by molar-refractivity contribution is -0.142. The summed E-state index contributed by atoms with van der Waals surface area (Å²) in [7, 11) is 1.60. The van der Waals surface area contributed by atoms with Crippen molar-refractivity contribution in [2.24, 2.45) is 0 Å². The molecule has 0 saturated carbocycles. The van der Waals surface area contributed by atoms with Crippen LogP contribution in [-0.2, 0) is 20.9 Å². The minimum Gasteiger partial charge on any atom is -0.466 e. The van der Waals surface area contributed by atoms with Crippen LogP contribution < -0.4 is 5.32 Å². The number of rotatable bonds is 7. The van der Waals surface area contributed by atoms with Crippen LogP contribution in [0.4, 0.5) is 0 Å². The van der Waals surface area contributed by atoms with Crippen LogP contribution in [0.15, 0.2) is 24.3 Å². The molecule has 19 heavy (non-hydrogen) atoms. The first kappa shape index (κ1) is 15.2. The lowest BCUT2D eigenvalue weighted by Crippen LogP contribution is -2.26. The molecule has 1 N–H and O–H groups in total. The maximum atomic E-state index is 11.8. The molecule has 0 aliphatic rings. The highest BCUT2D eigenvalue weighted by Gasteiger charge is 2.07. The fourth-order valence-corrected chi connectivity index (χ4v) is 1.58. The summed E-state index contributed by atoms with van der Waals surface area (Å²) >= 11 is 0. The molecule has 104 valence electrons. The monoisotopic (exact) mass is 265 g/mol. The number of ether oxygens (including phenoxy) is 2. The third-order valence-electron chi connectivity index (χ3n) is 2.42. The van der Waals surface area contributed by atoms with Crippen molar-refractivity contribution in [3.63, 3.8) is 0 Å². The zero-order chi connectivity index (χ0) is 14.1. The Morgan fingerprint density at radius 2 is 2.11 bits per heavy atom. The number of esters is 1. The highest BCUT2D eigenvalue weighted by Crippen LogP contribution is 2.06. The molecular weight excluding hydrogens is 246 g/mol. The molecule has 0 saturated heterocycles. The summed E-state index contributed by atoms with van der Waals surface area (Å²) in [6.07, 6.45) is 0.178. The van der Waals surface area contributed by atoms with Gasteiger partial charge in [0.1, 0.15) is 0 Å². The van der Waals surface area contributed by atoms with E-state index in [0.29, 0.717) is 18.8 Å². The van der Waals surface area contributed by atoms with Gasteiger partial charge >= 0.3 is 5.97 Å². The summed E-state index contributed by atoms with van der Waals surface area (Å²) in [5.41, 5.74) is 1.49. The van der Waals surface area contributed by atoms with Crippen molar-refractivity contribution in [2.45, 2.75) is 20.0 Å². The van der Waals surface area contributed by atoms with Crippen molar-refractivity contribution in [1.29, 1.82) is 0 Å². The van der Waals surface area contributed by atoms with Gasteiger partial charge in [0.25, 0.3) is 5.91 Å². The smallest absolute Gasteiger partial charge is 0.307 e. The van der Waals surface area contributed by atoms with Crippen LogP contribution in [0.3, 0.4) is 0 Å². The van der Waals surface area contributed by atoms with Gasteiger partial charge in [-0.05, 0) is 24.6 Å². The van der Waals surface area contributed by atoms with Gasteiger partial charge in [0, 0.05) is 19.2 Å². The fraction of sp³-hybridized carbons (Fsp3) is 0.429. The molecule has 0 aromatic heterocycles. The van der Waals surface area contributed by atoms with Crippen molar-refractivity contribution in [2.75, 3.05) is 20.3 Å². The van der Waals surface area contributed by atoms with E-state index in [0.717, 1.165) is 5.56 Å². The number of carbonyl (C=O) groups excluding carboxylic acids is 2. The predicted molar refractivity (Wildman–Crippen MR) is 70.7 cm³/mol. The summed E-state index contributed by atoms with van der Waals surface area (Å²) in [6, 6.07) is 7.18. The van der Waals surface area contributed by atoms with E-state index in [1.165, 1.54) is 0 Å². The SMILES string of the molecule is CCOC(=O)CCNC(=O)c1cccc(COC)c1. The molecule has 1 amide bonds. The van der Waals surface area contributed by atoms with E-state index in [1.54, 1.807) is 32.2 Å². The Labute approximate surface area is 112 Å². The number of methoxy groups -OCH3 is 1. The van der Waals surface area contributed by atoms with Gasteiger partial charge in [0.15, 0.2) is 0 Å². The minimum atomic E-state index is -0.309. The zero-order valence-electron chi connectivity index (χ0n) is 11.3. The second-order valence-corrected chi connectivity index (χ2v) is 3.94. The molecule has 1 rings (SSSR count). The van der Waals surface area contributed by atoms with Crippen molar-refractivity contribution in [3.8, 4) is 0 Å². The normalized spacial score (nSPS) is 10.0. The Balaban J connectivity index is 2.44. The van der Waals surface area contributed by atoms with Gasteiger partial charge in [-0.3, -0.25) is 9.59 Å². The molecule has 0 unspecified atom stereocenters. The molecule has 1 aromatic rings. The number of hydrogen-bond donors (Lipinski definition) is 1. The van der Waals surface area contributed by atoms with Gasteiger partial charge in [-0.2, -0.15) is 0 Å². The van der Waals surface area contributed by atoms with Crippen molar-refractivity contribution in [1.82, 2.24) is 5.32 Å². The average Bonchev–Trinajstić information content (AvgIpc) is 2.39. The Bertz CT molecular complexity index is 431. The highest BCUT2D eigenvalue weighted by molar-refractivity contribution is 5.94. The van der Waals surface area contributed by atoms with Crippen molar-refractivity contribution >= 4 is 11.9 Å². The van der Waals surface area contributed by atoms with E-state index in [-0.39, 0.29) is 24.8 Å². The third-order valence-corrected chi connectivity index (χ3v) is 2.42. The molecule has 0 fully saturated rings. The second kappa shape index (κ2) is 8.26. The molecular formula is C14H19NO4. The van der Waals surface area contributed by atoms with E-state index < -0.39 is 0 Å². The highest BCUT2D eigenvalue weighted by atomic mass is 16.5. The maximum absolute atomic E-state index is 11.8. The number of benzene rings is 1. The molecule has 5 heteroatoms. The summed E-state index contributed by atoms with van der Waals surface area (Å²) in [4.78, 5) is 22.9. The molecule has 0 heterocycles. The second-order valence-electron chi connectivity index (χ2n) is 3.94. The Kier molecular flexibility index (Phi) is 6.60. The molecule has 5 nitrogen and oxygen atoms in total. The van der Waals surface area contributed by atoms with Crippen molar-refractivity contribution < 1.29 is 19.1 Å². The summed E-state index contributed by atoms with van der Waals surface area (Å²) in [6.45, 7) is 2.83. The summed E-state index contributed by atoms with van der Waals surface area (Å²) in [5.74, 6) is -0.516. The first-order valence-corrected chi connectivity index (χ1v) is 6.19. The van der Waals surface area contributed by atoms with Gasteiger partial charge in [-0.1, -0.05) is 12.1 Å². The summed E-state index contributed by atoms with van der Waals surface area (Å²) in [5, 5.41) is 2.68. The van der Waals surface area contributed by atoms with E-state index in [4.69, 9.17) is 9.47 Å². The lowest BCUT2D eigenvalue weighted by Gasteiger charge is -2.06. The standard InChI is InChI=1S/C14H19NO4/c1-3-19-13(16)7-8-15-14(17)12-6-4-5-11(9-12)10-18-2/h4-6,9H,3,7-8,10H2,1-2H3,(H,15,17). The molecule has 0 aliphatic carbocycles. The average molecular weight is 265 g/mol. The molecule has 0 radical (unpaired) electrons. The molecule has 1 aromatic carbocycles. The molecule has 0 bridgehead atoms. The van der Waals surface area contributed by atoms with Crippen LogP contribution in [0.5, 0.6) is 0 Å². The number of hydrogen-bond acceptors (Lipinski definition) is 4. The molecule has 0 aliphatic heterocycles. The predicted octanol–water partition coefficient (Wildman–Crippen LogP) is 1.52. The molecule has 0 atom stereocenters. The van der Waals surface area contributed by atoms with E-state index >= 15 is 0 Å². The van der Waals surface area contributed by atoms with Gasteiger partial charge in [-0.15, -0.1) is 0 Å². The maximum Gasteiger partial charge on any atom is 0.307 e. The van der Waals surface area contributed by atoms with Gasteiger partial charge in [0.2, 0.25) is 0 Å². The van der Waals surface area contributed by atoms with Crippen LogP contribution >= 0.6 is 0 Å². The first-order valence-electron chi connectivity index (χ1n) is 6.19. The van der Waals surface area contributed by atoms with Gasteiger partial charge in [0.05, 0.1) is 19.6 Å². The van der Waals surface area contributed by atoms with E-state index in [1.807, 2.05) is 6.07 Å². The first-order chi connectivity index (χ1) is 9.17. The lowest BCUT2D eigenvalue weighted by atomic mass is 10.1. The largest absolute Gasteiger partial charge is 0.466 e. The van der Waals surface area contributed by atoms with Crippen LogP contribution in [-0.4, -0.2) is 32.1 Å². The number of nitrogens with one attached hydrogen (secondary N) is 1. The summed E-state index contributed by atoms with van der Waals surface area (Å²) < 4.78 is 9.78. The Hall–Kier alpha value is -1.88. The third kappa shape index (κ3) is 5.52. The topological polar surface area (TPSA) is 64.6 Å². The van der Waals surface area contributed by atoms with Gasteiger partial charge < -0.3 is 14.8 Å². The van der Waals surface area contributed by atoms with Crippen LogP contribution in [0.25, 0.3) is 0 Å². The van der Waals surface area contributed by atoms with Gasteiger partial charge in [-0.25, -0.2) is 0 Å². The number of amides is 1. The van der Waals surface area contributed by atoms with E-state index in [2.05, 4.69) is 5.32 Å². The van der Waals surface area contributed by atoms with Crippen LogP contribution in [0, 0.1) is 0 Å². The minimum absolute atomic E-state index is 0.178. The Morgan fingerprint density at radius 1 is 1.32 bits per heavy atom. The Morgan fingerprint density at radius 3 is 2.79 bits per heavy atom. The molecule has 0 spiro atoms.